The number of ether oxygens (including phenoxy) is 1. The molecule has 4 heteroatoms. The number of thioether (sulfide) groups is 2. The number of esters is 1. The molecule has 0 unspecified atom stereocenters. The molecule has 2 rings (SSSR count). The van der Waals surface area contributed by atoms with Crippen LogP contribution < -0.4 is 0 Å². The van der Waals surface area contributed by atoms with Gasteiger partial charge in [0, 0.05) is 6.92 Å². The highest BCUT2D eigenvalue weighted by Gasteiger charge is 2.39. The Morgan fingerprint density at radius 2 is 2.29 bits per heavy atom. The SMILES string of the molecule is C=CC1=C[C@@H](OC(C)=O)CCC12SCCCS2. The fourth-order valence-electron chi connectivity index (χ4n) is 2.30. The Morgan fingerprint density at radius 1 is 1.59 bits per heavy atom. The van der Waals surface area contributed by atoms with Crippen LogP contribution in [0.4, 0.5) is 0 Å². The van der Waals surface area contributed by atoms with Crippen molar-refractivity contribution in [3.8, 4) is 0 Å². The van der Waals surface area contributed by atoms with Gasteiger partial charge in [-0.25, -0.2) is 0 Å². The molecule has 1 spiro atoms. The molecule has 17 heavy (non-hydrogen) atoms. The first-order chi connectivity index (χ1) is 8.16. The summed E-state index contributed by atoms with van der Waals surface area (Å²) in [6.45, 7) is 5.38. The lowest BCUT2D eigenvalue weighted by molar-refractivity contribution is -0.144. The zero-order valence-electron chi connectivity index (χ0n) is 10.1. The largest absolute Gasteiger partial charge is 0.458 e. The van der Waals surface area contributed by atoms with Gasteiger partial charge in [-0.15, -0.1) is 23.5 Å². The maximum atomic E-state index is 11.0. The number of carbonyl (C=O) groups is 1. The minimum absolute atomic E-state index is 0.0609. The highest BCUT2D eigenvalue weighted by Crippen LogP contribution is 2.53. The minimum atomic E-state index is -0.199. The molecule has 0 radical (unpaired) electrons. The van der Waals surface area contributed by atoms with Crippen molar-refractivity contribution in [1.82, 2.24) is 0 Å². The Bertz CT molecular complexity index is 343. The zero-order chi connectivity index (χ0) is 12.3. The number of carbonyl (C=O) groups excluding carboxylic acids is 1. The summed E-state index contributed by atoms with van der Waals surface area (Å²) in [6, 6.07) is 0. The number of hydrogen-bond acceptors (Lipinski definition) is 4. The Labute approximate surface area is 111 Å². The van der Waals surface area contributed by atoms with Crippen LogP contribution in [0.25, 0.3) is 0 Å². The van der Waals surface area contributed by atoms with Gasteiger partial charge in [-0.3, -0.25) is 4.79 Å². The summed E-state index contributed by atoms with van der Waals surface area (Å²) in [5.74, 6) is 2.24. The first-order valence-corrected chi connectivity index (χ1v) is 7.93. The van der Waals surface area contributed by atoms with Crippen molar-refractivity contribution in [3.63, 3.8) is 0 Å². The molecule has 1 aliphatic heterocycles. The summed E-state index contributed by atoms with van der Waals surface area (Å²) in [6.07, 6.45) is 7.24. The Hall–Kier alpha value is -0.350. The van der Waals surface area contributed by atoms with E-state index in [2.05, 4.69) is 12.7 Å². The van der Waals surface area contributed by atoms with Gasteiger partial charge in [0.05, 0.1) is 4.08 Å². The average Bonchev–Trinajstić information content (AvgIpc) is 2.32. The van der Waals surface area contributed by atoms with Crippen molar-refractivity contribution in [2.75, 3.05) is 11.5 Å². The predicted octanol–water partition coefficient (Wildman–Crippen LogP) is 3.39. The lowest BCUT2D eigenvalue weighted by Crippen LogP contribution is -2.33. The summed E-state index contributed by atoms with van der Waals surface area (Å²) in [5.41, 5.74) is 1.24. The first-order valence-electron chi connectivity index (χ1n) is 5.96. The van der Waals surface area contributed by atoms with Crippen LogP contribution in [0.2, 0.25) is 0 Å². The third kappa shape index (κ3) is 2.91. The van der Waals surface area contributed by atoms with Crippen molar-refractivity contribution < 1.29 is 9.53 Å². The Balaban J connectivity index is 2.16. The molecule has 0 aromatic heterocycles. The predicted molar refractivity (Wildman–Crippen MR) is 75.3 cm³/mol. The molecule has 0 saturated carbocycles. The smallest absolute Gasteiger partial charge is 0.303 e. The van der Waals surface area contributed by atoms with E-state index in [9.17, 15) is 4.79 Å². The third-order valence-corrected chi connectivity index (χ3v) is 6.56. The maximum Gasteiger partial charge on any atom is 0.303 e. The number of rotatable bonds is 2. The minimum Gasteiger partial charge on any atom is -0.458 e. The molecule has 0 aromatic carbocycles. The van der Waals surface area contributed by atoms with Crippen molar-refractivity contribution in [2.45, 2.75) is 36.4 Å². The molecule has 2 aliphatic rings. The van der Waals surface area contributed by atoms with E-state index in [0.717, 1.165) is 12.8 Å². The second-order valence-corrected chi connectivity index (χ2v) is 7.36. The van der Waals surface area contributed by atoms with Gasteiger partial charge in [-0.2, -0.15) is 0 Å². The molecule has 2 nitrogen and oxygen atoms in total. The van der Waals surface area contributed by atoms with Crippen LogP contribution in [0.15, 0.2) is 24.3 Å². The van der Waals surface area contributed by atoms with Gasteiger partial charge in [0.15, 0.2) is 0 Å². The second-order valence-electron chi connectivity index (χ2n) is 4.32. The van der Waals surface area contributed by atoms with E-state index in [-0.39, 0.29) is 16.2 Å². The van der Waals surface area contributed by atoms with Crippen molar-refractivity contribution >= 4 is 29.5 Å². The zero-order valence-corrected chi connectivity index (χ0v) is 11.7. The van der Waals surface area contributed by atoms with Crippen molar-refractivity contribution in [3.05, 3.63) is 24.3 Å². The normalized spacial score (nSPS) is 27.4. The molecule has 0 amide bonds. The quantitative estimate of drug-likeness (QED) is 0.719. The summed E-state index contributed by atoms with van der Waals surface area (Å²) in [5, 5.41) is 0. The molecule has 1 aliphatic carbocycles. The lowest BCUT2D eigenvalue weighted by Gasteiger charge is -2.41. The van der Waals surface area contributed by atoms with Crippen LogP contribution in [0, 0.1) is 0 Å². The Kier molecular flexibility index (Phi) is 4.26. The third-order valence-electron chi connectivity index (χ3n) is 3.06. The number of allylic oxidation sites excluding steroid dienone is 1. The van der Waals surface area contributed by atoms with E-state index in [1.165, 1.54) is 30.4 Å². The van der Waals surface area contributed by atoms with E-state index in [1.807, 2.05) is 29.6 Å². The molecule has 0 N–H and O–H groups in total. The fraction of sp³-hybridized carbons (Fsp3) is 0.615. The van der Waals surface area contributed by atoms with E-state index in [0.29, 0.717) is 0 Å². The van der Waals surface area contributed by atoms with E-state index < -0.39 is 0 Å². The van der Waals surface area contributed by atoms with Gasteiger partial charge in [0.1, 0.15) is 6.10 Å². The fourth-order valence-corrected chi connectivity index (χ4v) is 5.72. The Morgan fingerprint density at radius 3 is 2.88 bits per heavy atom. The maximum absolute atomic E-state index is 11.0. The lowest BCUT2D eigenvalue weighted by atomic mass is 9.96. The molecule has 1 atom stereocenters. The second kappa shape index (κ2) is 5.53. The van der Waals surface area contributed by atoms with E-state index >= 15 is 0 Å². The first kappa shape index (κ1) is 13.1. The molecular formula is C13H18O2S2. The molecule has 1 fully saturated rings. The van der Waals surface area contributed by atoms with Gasteiger partial charge in [-0.05, 0) is 42.4 Å². The standard InChI is InChI=1S/C13H18O2S2/c1-3-11-9-12(15-10(2)14)5-6-13(11)16-7-4-8-17-13/h3,9,12H,1,4-8H2,2H3/t12-/m0/s1. The van der Waals surface area contributed by atoms with Gasteiger partial charge in [0.25, 0.3) is 0 Å². The van der Waals surface area contributed by atoms with Crippen LogP contribution in [0.3, 0.4) is 0 Å². The van der Waals surface area contributed by atoms with Crippen LogP contribution in [-0.2, 0) is 9.53 Å². The summed E-state index contributed by atoms with van der Waals surface area (Å²) >= 11 is 4.05. The van der Waals surface area contributed by atoms with Gasteiger partial charge >= 0.3 is 5.97 Å². The molecule has 1 heterocycles. The summed E-state index contributed by atoms with van der Waals surface area (Å²) in [4.78, 5) is 11.0. The van der Waals surface area contributed by atoms with E-state index in [1.54, 1.807) is 0 Å². The van der Waals surface area contributed by atoms with Crippen molar-refractivity contribution in [1.29, 1.82) is 0 Å². The van der Waals surface area contributed by atoms with E-state index in [4.69, 9.17) is 4.74 Å². The topological polar surface area (TPSA) is 26.3 Å². The van der Waals surface area contributed by atoms with Crippen LogP contribution in [0.1, 0.15) is 26.2 Å². The molecule has 0 aromatic rings. The van der Waals surface area contributed by atoms with Gasteiger partial charge in [-0.1, -0.05) is 12.7 Å². The van der Waals surface area contributed by atoms with Gasteiger partial charge < -0.3 is 4.74 Å². The summed E-state index contributed by atoms with van der Waals surface area (Å²) in [7, 11) is 0. The molecule has 0 bridgehead atoms. The monoisotopic (exact) mass is 270 g/mol. The average molecular weight is 270 g/mol. The highest BCUT2D eigenvalue weighted by atomic mass is 32.2. The van der Waals surface area contributed by atoms with Gasteiger partial charge in [0.2, 0.25) is 0 Å². The number of hydrogen-bond donors (Lipinski definition) is 0. The van der Waals surface area contributed by atoms with Crippen molar-refractivity contribution in [2.24, 2.45) is 0 Å². The van der Waals surface area contributed by atoms with Crippen LogP contribution in [-0.4, -0.2) is 27.7 Å². The summed E-state index contributed by atoms with van der Waals surface area (Å²) < 4.78 is 5.45. The molecular weight excluding hydrogens is 252 g/mol. The molecule has 94 valence electrons. The van der Waals surface area contributed by atoms with Crippen LogP contribution >= 0.6 is 23.5 Å². The highest BCUT2D eigenvalue weighted by molar-refractivity contribution is 8.19. The molecule has 1 saturated heterocycles. The van der Waals surface area contributed by atoms with Crippen LogP contribution in [0.5, 0.6) is 0 Å².